The fraction of sp³-hybridized carbons (Fsp3) is 0.636. The van der Waals surface area contributed by atoms with Crippen LogP contribution in [0.5, 0.6) is 0 Å². The maximum atomic E-state index is 11.5. The molecule has 0 fully saturated rings. The van der Waals surface area contributed by atoms with Gasteiger partial charge in [0.15, 0.2) is 0 Å². The number of aryl methyl sites for hydroxylation is 2. The Labute approximate surface area is 121 Å². The first-order valence-electron chi connectivity index (χ1n) is 5.56. The molecule has 0 bridgehead atoms. The second-order valence-electron chi connectivity index (χ2n) is 3.89. The molecule has 0 aliphatic rings. The lowest BCUT2D eigenvalue weighted by molar-refractivity contribution is -0.121. The van der Waals surface area contributed by atoms with Crippen molar-refractivity contribution in [2.45, 2.75) is 26.8 Å². The lowest BCUT2D eigenvalue weighted by atomic mass is 10.4. The number of hydrogen-bond donors (Lipinski definition) is 2. The first-order chi connectivity index (χ1) is 7.63. The van der Waals surface area contributed by atoms with Crippen molar-refractivity contribution in [2.24, 2.45) is 0 Å². The molecule has 1 amide bonds. The molecular weight excluding hydrogens is 275 g/mol. The lowest BCUT2D eigenvalue weighted by Crippen LogP contribution is -2.30. The van der Waals surface area contributed by atoms with Crippen molar-refractivity contribution in [2.75, 3.05) is 20.1 Å². The molecule has 0 aromatic carbocycles. The molecule has 0 saturated heterocycles. The third-order valence-corrected chi connectivity index (χ3v) is 2.32. The number of amides is 1. The van der Waals surface area contributed by atoms with Gasteiger partial charge in [0.2, 0.25) is 5.91 Å². The van der Waals surface area contributed by atoms with Gasteiger partial charge >= 0.3 is 0 Å². The van der Waals surface area contributed by atoms with Gasteiger partial charge in [0.1, 0.15) is 6.54 Å². The SMILES string of the molecule is CNCCCNC(=O)Cn1nc(C)cc1C.Cl.Cl. The van der Waals surface area contributed by atoms with Crippen LogP contribution < -0.4 is 10.6 Å². The van der Waals surface area contributed by atoms with Crippen LogP contribution in [0.1, 0.15) is 17.8 Å². The standard InChI is InChI=1S/C11H20N4O.2ClH/c1-9-7-10(2)15(14-9)8-11(16)13-6-4-5-12-3;;/h7,12H,4-6,8H2,1-3H3,(H,13,16);2*1H. The second-order valence-corrected chi connectivity index (χ2v) is 3.89. The van der Waals surface area contributed by atoms with Gasteiger partial charge in [-0.1, -0.05) is 0 Å². The van der Waals surface area contributed by atoms with E-state index < -0.39 is 0 Å². The zero-order valence-electron chi connectivity index (χ0n) is 11.0. The number of aromatic nitrogens is 2. The van der Waals surface area contributed by atoms with Gasteiger partial charge < -0.3 is 10.6 Å². The summed E-state index contributed by atoms with van der Waals surface area (Å²) in [5, 5.41) is 10.1. The summed E-state index contributed by atoms with van der Waals surface area (Å²) in [6, 6.07) is 1.97. The molecule has 106 valence electrons. The van der Waals surface area contributed by atoms with E-state index in [1.807, 2.05) is 27.0 Å². The predicted molar refractivity (Wildman–Crippen MR) is 77.8 cm³/mol. The van der Waals surface area contributed by atoms with Gasteiger partial charge in [0.25, 0.3) is 0 Å². The van der Waals surface area contributed by atoms with Gasteiger partial charge in [-0.3, -0.25) is 9.48 Å². The molecule has 1 heterocycles. The van der Waals surface area contributed by atoms with Crippen molar-refractivity contribution in [1.29, 1.82) is 0 Å². The van der Waals surface area contributed by atoms with Crippen LogP contribution >= 0.6 is 24.8 Å². The molecule has 0 aliphatic heterocycles. The molecule has 5 nitrogen and oxygen atoms in total. The molecule has 1 aromatic rings. The maximum Gasteiger partial charge on any atom is 0.241 e. The minimum atomic E-state index is 0. The van der Waals surface area contributed by atoms with Crippen LogP contribution in [-0.2, 0) is 11.3 Å². The Balaban J connectivity index is 0. The van der Waals surface area contributed by atoms with Crippen molar-refractivity contribution in [3.05, 3.63) is 17.5 Å². The summed E-state index contributed by atoms with van der Waals surface area (Å²) < 4.78 is 1.72. The molecule has 2 N–H and O–H groups in total. The van der Waals surface area contributed by atoms with Crippen molar-refractivity contribution < 1.29 is 4.79 Å². The largest absolute Gasteiger partial charge is 0.354 e. The van der Waals surface area contributed by atoms with Crippen LogP contribution in [0, 0.1) is 13.8 Å². The average molecular weight is 297 g/mol. The average Bonchev–Trinajstić information content (AvgIpc) is 2.52. The van der Waals surface area contributed by atoms with Gasteiger partial charge in [0, 0.05) is 12.2 Å². The Bertz CT molecular complexity index is 355. The first-order valence-corrected chi connectivity index (χ1v) is 5.56. The van der Waals surface area contributed by atoms with E-state index in [9.17, 15) is 4.79 Å². The monoisotopic (exact) mass is 296 g/mol. The smallest absolute Gasteiger partial charge is 0.241 e. The fourth-order valence-corrected chi connectivity index (χ4v) is 1.52. The highest BCUT2D eigenvalue weighted by Crippen LogP contribution is 2.00. The van der Waals surface area contributed by atoms with Crippen LogP contribution in [0.3, 0.4) is 0 Å². The Morgan fingerprint density at radius 2 is 2.00 bits per heavy atom. The Hall–Kier alpha value is -0.780. The van der Waals surface area contributed by atoms with Crippen LogP contribution in [0.2, 0.25) is 0 Å². The number of hydrogen-bond acceptors (Lipinski definition) is 3. The summed E-state index contributed by atoms with van der Waals surface area (Å²) in [4.78, 5) is 11.5. The minimum Gasteiger partial charge on any atom is -0.354 e. The third kappa shape index (κ3) is 6.83. The fourth-order valence-electron chi connectivity index (χ4n) is 1.52. The third-order valence-electron chi connectivity index (χ3n) is 2.32. The Morgan fingerprint density at radius 3 is 2.50 bits per heavy atom. The summed E-state index contributed by atoms with van der Waals surface area (Å²) >= 11 is 0. The number of nitrogens with zero attached hydrogens (tertiary/aromatic N) is 2. The molecular formula is C11H22Cl2N4O. The molecule has 0 spiro atoms. The maximum absolute atomic E-state index is 11.5. The summed E-state index contributed by atoms with van der Waals surface area (Å²) in [6.07, 6.45) is 0.944. The van der Waals surface area contributed by atoms with E-state index in [1.165, 1.54) is 0 Å². The highest BCUT2D eigenvalue weighted by Gasteiger charge is 2.05. The topological polar surface area (TPSA) is 58.9 Å². The van der Waals surface area contributed by atoms with Gasteiger partial charge in [-0.15, -0.1) is 24.8 Å². The highest BCUT2D eigenvalue weighted by molar-refractivity contribution is 5.85. The zero-order valence-corrected chi connectivity index (χ0v) is 12.7. The van der Waals surface area contributed by atoms with Crippen molar-refractivity contribution in [3.8, 4) is 0 Å². The molecule has 0 atom stereocenters. The van der Waals surface area contributed by atoms with E-state index in [0.29, 0.717) is 13.1 Å². The van der Waals surface area contributed by atoms with E-state index >= 15 is 0 Å². The molecule has 0 unspecified atom stereocenters. The van der Waals surface area contributed by atoms with Crippen LogP contribution in [0.4, 0.5) is 0 Å². The normalized spacial score (nSPS) is 9.28. The molecule has 0 aliphatic carbocycles. The number of nitrogens with one attached hydrogen (secondary N) is 2. The van der Waals surface area contributed by atoms with E-state index in [4.69, 9.17) is 0 Å². The van der Waals surface area contributed by atoms with Crippen LogP contribution in [-0.4, -0.2) is 35.8 Å². The molecule has 0 radical (unpaired) electrons. The van der Waals surface area contributed by atoms with E-state index in [0.717, 1.165) is 24.4 Å². The molecule has 18 heavy (non-hydrogen) atoms. The molecule has 0 saturated carbocycles. The van der Waals surface area contributed by atoms with Crippen LogP contribution in [0.25, 0.3) is 0 Å². The minimum absolute atomic E-state index is 0. The van der Waals surface area contributed by atoms with Gasteiger partial charge in [0.05, 0.1) is 5.69 Å². The summed E-state index contributed by atoms with van der Waals surface area (Å²) in [6.45, 7) is 5.81. The van der Waals surface area contributed by atoms with E-state index in [2.05, 4.69) is 15.7 Å². The summed E-state index contributed by atoms with van der Waals surface area (Å²) in [7, 11) is 1.90. The highest BCUT2D eigenvalue weighted by atomic mass is 35.5. The Morgan fingerprint density at radius 1 is 1.33 bits per heavy atom. The van der Waals surface area contributed by atoms with E-state index in [-0.39, 0.29) is 30.7 Å². The molecule has 7 heteroatoms. The zero-order chi connectivity index (χ0) is 12.0. The summed E-state index contributed by atoms with van der Waals surface area (Å²) in [5.41, 5.74) is 1.96. The van der Waals surface area contributed by atoms with Crippen molar-refractivity contribution >= 4 is 30.7 Å². The molecule has 1 aromatic heterocycles. The number of rotatable bonds is 6. The van der Waals surface area contributed by atoms with Gasteiger partial charge in [-0.25, -0.2) is 0 Å². The summed E-state index contributed by atoms with van der Waals surface area (Å²) in [5.74, 6) is 0.0160. The first kappa shape index (κ1) is 19.6. The van der Waals surface area contributed by atoms with Crippen molar-refractivity contribution in [1.82, 2.24) is 20.4 Å². The molecule has 1 rings (SSSR count). The van der Waals surface area contributed by atoms with Crippen LogP contribution in [0.15, 0.2) is 6.07 Å². The lowest BCUT2D eigenvalue weighted by Gasteiger charge is -2.06. The second kappa shape index (κ2) is 10.2. The quantitative estimate of drug-likeness (QED) is 0.772. The van der Waals surface area contributed by atoms with Crippen molar-refractivity contribution in [3.63, 3.8) is 0 Å². The number of carbonyl (C=O) groups is 1. The van der Waals surface area contributed by atoms with E-state index in [1.54, 1.807) is 4.68 Å². The predicted octanol–water partition coefficient (Wildman–Crippen LogP) is 1.07. The van der Waals surface area contributed by atoms with Gasteiger partial charge in [-0.05, 0) is 39.9 Å². The number of carbonyl (C=O) groups excluding carboxylic acids is 1. The van der Waals surface area contributed by atoms with Gasteiger partial charge in [-0.2, -0.15) is 5.10 Å². The number of halogens is 2. The Kier molecular flexibility index (Phi) is 11.1.